The van der Waals surface area contributed by atoms with E-state index < -0.39 is 11.5 Å². The third-order valence-corrected chi connectivity index (χ3v) is 5.41. The van der Waals surface area contributed by atoms with Crippen molar-refractivity contribution in [3.63, 3.8) is 0 Å². The van der Waals surface area contributed by atoms with Crippen molar-refractivity contribution in [1.82, 2.24) is 14.9 Å². The molecule has 3 fully saturated rings. The maximum Gasteiger partial charge on any atom is 0.218 e. The summed E-state index contributed by atoms with van der Waals surface area (Å²) in [5.41, 5.74) is 0.924. The molecular weight excluding hydrogens is 375 g/mol. The van der Waals surface area contributed by atoms with Crippen LogP contribution in [0.1, 0.15) is 25.8 Å². The number of methoxy groups -OCH3 is 1. The van der Waals surface area contributed by atoms with Crippen molar-refractivity contribution in [1.29, 1.82) is 0 Å². The first-order valence-corrected chi connectivity index (χ1v) is 9.83. The molecule has 29 heavy (non-hydrogen) atoms. The number of ether oxygens (including phenoxy) is 2. The summed E-state index contributed by atoms with van der Waals surface area (Å²) in [5, 5.41) is 9.81. The van der Waals surface area contributed by atoms with Crippen molar-refractivity contribution in [2.24, 2.45) is 0 Å². The molecule has 2 aromatic rings. The zero-order chi connectivity index (χ0) is 20.6. The Labute approximate surface area is 170 Å². The van der Waals surface area contributed by atoms with Gasteiger partial charge in [0.2, 0.25) is 17.7 Å². The van der Waals surface area contributed by atoms with Crippen molar-refractivity contribution in [3.8, 4) is 11.8 Å². The van der Waals surface area contributed by atoms with Crippen LogP contribution in [0.25, 0.3) is 0 Å². The highest BCUT2D eigenvalue weighted by Gasteiger charge is 2.44. The van der Waals surface area contributed by atoms with Crippen LogP contribution in [0.4, 0.5) is 10.1 Å². The first kappa shape index (κ1) is 19.8. The van der Waals surface area contributed by atoms with E-state index in [9.17, 15) is 9.50 Å². The molecule has 5 heterocycles. The zero-order valence-corrected chi connectivity index (χ0v) is 17.0. The molecule has 0 amide bonds. The highest BCUT2D eigenvalue weighted by molar-refractivity contribution is 5.50. The fraction of sp³-hybridized carbons (Fsp3) is 0.524. The number of hydrogen-bond acceptors (Lipinski definition) is 7. The molecule has 7 nitrogen and oxygen atoms in total. The van der Waals surface area contributed by atoms with E-state index in [0.717, 1.165) is 37.3 Å². The van der Waals surface area contributed by atoms with Gasteiger partial charge in [0.15, 0.2) is 0 Å². The van der Waals surface area contributed by atoms with Crippen LogP contribution in [0.3, 0.4) is 0 Å². The summed E-state index contributed by atoms with van der Waals surface area (Å²) in [6, 6.07) is 7.96. The van der Waals surface area contributed by atoms with E-state index >= 15 is 0 Å². The van der Waals surface area contributed by atoms with E-state index in [-0.39, 0.29) is 12.5 Å². The van der Waals surface area contributed by atoms with E-state index in [4.69, 9.17) is 9.47 Å². The molecule has 2 unspecified atom stereocenters. The van der Waals surface area contributed by atoms with Crippen molar-refractivity contribution in [2.75, 3.05) is 31.7 Å². The molecule has 0 aliphatic carbocycles. The summed E-state index contributed by atoms with van der Waals surface area (Å²) < 4.78 is 24.6. The molecule has 0 spiro atoms. The van der Waals surface area contributed by atoms with Gasteiger partial charge in [-0.2, -0.15) is 9.37 Å². The SMILES string of the molecule is COc1ccc(CN2C3CC2CN(c2cc(F)nc(OCC(C)(C)O)c2)C3)cn1. The number of aliphatic hydroxyl groups is 1. The number of piperazine rings is 1. The second-order valence-electron chi connectivity index (χ2n) is 8.42. The Balaban J connectivity index is 1.39. The lowest BCUT2D eigenvalue weighted by molar-refractivity contribution is -0.00858. The van der Waals surface area contributed by atoms with E-state index in [2.05, 4.69) is 19.8 Å². The van der Waals surface area contributed by atoms with Gasteiger partial charge < -0.3 is 19.5 Å². The zero-order valence-electron chi connectivity index (χ0n) is 17.0. The second-order valence-corrected chi connectivity index (χ2v) is 8.42. The standard InChI is InChI=1S/C21H27FN4O3/c1-21(2,27)13-29-20-8-15(7-18(22)24-20)25-11-16-6-17(12-25)26(16)10-14-4-5-19(28-3)23-9-14/h4-5,7-9,16-17,27H,6,10-13H2,1-3H3. The van der Waals surface area contributed by atoms with Crippen LogP contribution in [0.5, 0.6) is 11.8 Å². The molecule has 2 atom stereocenters. The predicted molar refractivity (Wildman–Crippen MR) is 107 cm³/mol. The number of anilines is 1. The van der Waals surface area contributed by atoms with Gasteiger partial charge in [-0.25, -0.2) is 4.98 Å². The Morgan fingerprint density at radius 2 is 1.97 bits per heavy atom. The summed E-state index contributed by atoms with van der Waals surface area (Å²) in [7, 11) is 1.61. The molecule has 2 bridgehead atoms. The molecule has 5 rings (SSSR count). The number of halogens is 1. The fourth-order valence-electron chi connectivity index (χ4n) is 3.96. The first-order valence-electron chi connectivity index (χ1n) is 9.83. The molecule has 156 valence electrons. The molecule has 8 heteroatoms. The molecule has 3 saturated heterocycles. The van der Waals surface area contributed by atoms with Crippen molar-refractivity contribution >= 4 is 5.69 Å². The Kier molecular flexibility index (Phi) is 5.31. The van der Waals surface area contributed by atoms with Gasteiger partial charge in [0.1, 0.15) is 6.61 Å². The lowest BCUT2D eigenvalue weighted by Gasteiger charge is -2.57. The Bertz CT molecular complexity index is 844. The predicted octanol–water partition coefficient (Wildman–Crippen LogP) is 2.24. The Morgan fingerprint density at radius 1 is 1.21 bits per heavy atom. The van der Waals surface area contributed by atoms with Crippen LogP contribution in [-0.2, 0) is 6.54 Å². The van der Waals surface area contributed by atoms with Gasteiger partial charge in [-0.3, -0.25) is 4.90 Å². The second kappa shape index (κ2) is 7.76. The number of fused-ring (bicyclic) bond motifs is 2. The van der Waals surface area contributed by atoms with Crippen LogP contribution < -0.4 is 14.4 Å². The van der Waals surface area contributed by atoms with Crippen LogP contribution in [0.15, 0.2) is 30.5 Å². The average Bonchev–Trinajstić information content (AvgIpc) is 2.70. The molecular formula is C21H27FN4O3. The number of hydrogen-bond donors (Lipinski definition) is 1. The highest BCUT2D eigenvalue weighted by Crippen LogP contribution is 2.36. The topological polar surface area (TPSA) is 71.0 Å². The Morgan fingerprint density at radius 3 is 2.59 bits per heavy atom. The highest BCUT2D eigenvalue weighted by atomic mass is 19.1. The smallest absolute Gasteiger partial charge is 0.218 e. The minimum absolute atomic E-state index is 0.0534. The molecule has 2 aromatic heterocycles. The summed E-state index contributed by atoms with van der Waals surface area (Å²) >= 11 is 0. The third-order valence-electron chi connectivity index (χ3n) is 5.41. The molecule has 3 aliphatic heterocycles. The number of aromatic nitrogens is 2. The lowest BCUT2D eigenvalue weighted by Crippen LogP contribution is -2.68. The molecule has 0 radical (unpaired) electrons. The largest absolute Gasteiger partial charge is 0.481 e. The van der Waals surface area contributed by atoms with Crippen LogP contribution in [0, 0.1) is 5.95 Å². The normalized spacial score (nSPS) is 21.6. The van der Waals surface area contributed by atoms with Gasteiger partial charge >= 0.3 is 0 Å². The summed E-state index contributed by atoms with van der Waals surface area (Å²) in [6.07, 6.45) is 3.00. The molecule has 0 saturated carbocycles. The van der Waals surface area contributed by atoms with E-state index in [1.54, 1.807) is 27.0 Å². The summed E-state index contributed by atoms with van der Waals surface area (Å²) in [6.45, 7) is 5.84. The third kappa shape index (κ3) is 4.59. The van der Waals surface area contributed by atoms with Gasteiger partial charge in [0, 0.05) is 61.8 Å². The number of nitrogens with zero attached hydrogens (tertiary/aromatic N) is 4. The first-order chi connectivity index (χ1) is 13.8. The van der Waals surface area contributed by atoms with Gasteiger partial charge in [-0.15, -0.1) is 0 Å². The van der Waals surface area contributed by atoms with Crippen LogP contribution >= 0.6 is 0 Å². The fourth-order valence-corrected chi connectivity index (χ4v) is 3.96. The van der Waals surface area contributed by atoms with E-state index in [1.165, 1.54) is 6.07 Å². The molecule has 1 N–H and O–H groups in total. The number of pyridine rings is 2. The van der Waals surface area contributed by atoms with Gasteiger partial charge in [0.05, 0.1) is 12.7 Å². The number of piperidine rings is 1. The minimum Gasteiger partial charge on any atom is -0.481 e. The van der Waals surface area contributed by atoms with Gasteiger partial charge in [-0.05, 0) is 25.8 Å². The van der Waals surface area contributed by atoms with Crippen molar-refractivity contribution in [2.45, 2.75) is 44.5 Å². The maximum absolute atomic E-state index is 14.0. The average molecular weight is 402 g/mol. The quantitative estimate of drug-likeness (QED) is 0.712. The number of rotatable bonds is 7. The van der Waals surface area contributed by atoms with Gasteiger partial charge in [0.25, 0.3) is 0 Å². The minimum atomic E-state index is -1.00. The monoisotopic (exact) mass is 402 g/mol. The lowest BCUT2D eigenvalue weighted by atomic mass is 9.86. The molecule has 0 aromatic carbocycles. The van der Waals surface area contributed by atoms with Crippen LogP contribution in [-0.4, -0.2) is 64.5 Å². The molecule has 3 aliphatic rings. The van der Waals surface area contributed by atoms with Crippen molar-refractivity contribution in [3.05, 3.63) is 42.0 Å². The van der Waals surface area contributed by atoms with Gasteiger partial charge in [-0.1, -0.05) is 6.07 Å². The van der Waals surface area contributed by atoms with Crippen molar-refractivity contribution < 1.29 is 19.0 Å². The Hall–Kier alpha value is -2.45. The summed E-state index contributed by atoms with van der Waals surface area (Å²) in [5.74, 6) is 0.238. The van der Waals surface area contributed by atoms with E-state index in [0.29, 0.717) is 18.0 Å². The maximum atomic E-state index is 14.0. The summed E-state index contributed by atoms with van der Waals surface area (Å²) in [4.78, 5) is 12.7. The van der Waals surface area contributed by atoms with E-state index in [1.807, 2.05) is 18.3 Å². The van der Waals surface area contributed by atoms with Crippen LogP contribution in [0.2, 0.25) is 0 Å².